The highest BCUT2D eigenvalue weighted by Crippen LogP contribution is 2.25. The van der Waals surface area contributed by atoms with Gasteiger partial charge in [0.15, 0.2) is 5.82 Å². The maximum absolute atomic E-state index is 14.1. The van der Waals surface area contributed by atoms with E-state index in [1.165, 1.54) is 17.4 Å². The molecule has 4 rings (SSSR count). The summed E-state index contributed by atoms with van der Waals surface area (Å²) in [7, 11) is 0. The predicted octanol–water partition coefficient (Wildman–Crippen LogP) is 4.37. The summed E-state index contributed by atoms with van der Waals surface area (Å²) in [4.78, 5) is 19.4. The molecule has 0 saturated heterocycles. The topological polar surface area (TPSA) is 34.9 Å². The Morgan fingerprint density at radius 3 is 2.61 bits per heavy atom. The molecule has 114 valence electrons. The second-order valence-corrected chi connectivity index (χ2v) is 7.00. The average molecular weight is 342 g/mol. The molecule has 0 saturated carbocycles. The van der Waals surface area contributed by atoms with Crippen LogP contribution < -0.4 is 5.56 Å². The van der Waals surface area contributed by atoms with Crippen LogP contribution in [0.1, 0.15) is 4.88 Å². The largest absolute Gasteiger partial charge is 0.286 e. The van der Waals surface area contributed by atoms with Crippen molar-refractivity contribution in [1.29, 1.82) is 0 Å². The SMILES string of the molecule is O=c1c2c(F)cccc2nc(-c2cccs2)n1Cc1cccs1. The van der Waals surface area contributed by atoms with E-state index in [-0.39, 0.29) is 10.9 Å². The summed E-state index contributed by atoms with van der Waals surface area (Å²) in [5.41, 5.74) is 0.0470. The molecule has 0 N–H and O–H groups in total. The quantitative estimate of drug-likeness (QED) is 0.554. The van der Waals surface area contributed by atoms with Crippen LogP contribution in [0.15, 0.2) is 58.0 Å². The molecule has 0 unspecified atom stereocenters. The Kier molecular flexibility index (Phi) is 3.55. The van der Waals surface area contributed by atoms with Crippen LogP contribution in [-0.2, 0) is 6.54 Å². The highest BCUT2D eigenvalue weighted by atomic mass is 32.1. The van der Waals surface area contributed by atoms with E-state index in [1.54, 1.807) is 28.0 Å². The first kappa shape index (κ1) is 14.3. The third-order valence-corrected chi connectivity index (χ3v) is 5.30. The van der Waals surface area contributed by atoms with Gasteiger partial charge in [0, 0.05) is 4.88 Å². The van der Waals surface area contributed by atoms with Crippen LogP contribution in [-0.4, -0.2) is 9.55 Å². The second kappa shape index (κ2) is 5.72. The Morgan fingerprint density at radius 2 is 1.87 bits per heavy atom. The fraction of sp³-hybridized carbons (Fsp3) is 0.0588. The number of halogens is 1. The van der Waals surface area contributed by atoms with Crippen LogP contribution in [0.3, 0.4) is 0 Å². The zero-order valence-corrected chi connectivity index (χ0v) is 13.5. The van der Waals surface area contributed by atoms with Gasteiger partial charge in [-0.3, -0.25) is 9.36 Å². The molecule has 0 aliphatic heterocycles. The van der Waals surface area contributed by atoms with Crippen LogP contribution in [0, 0.1) is 5.82 Å². The van der Waals surface area contributed by atoms with Crippen molar-refractivity contribution in [3.8, 4) is 10.7 Å². The maximum atomic E-state index is 14.1. The molecule has 0 aliphatic carbocycles. The van der Waals surface area contributed by atoms with Gasteiger partial charge in [-0.25, -0.2) is 9.37 Å². The van der Waals surface area contributed by atoms with Gasteiger partial charge in [-0.05, 0) is 35.0 Å². The Balaban J connectivity index is 2.04. The summed E-state index contributed by atoms with van der Waals surface area (Å²) in [6, 6.07) is 12.3. The number of benzene rings is 1. The number of fused-ring (bicyclic) bond motifs is 1. The van der Waals surface area contributed by atoms with Gasteiger partial charge < -0.3 is 0 Å². The van der Waals surface area contributed by atoms with Crippen LogP contribution in [0.25, 0.3) is 21.6 Å². The molecule has 0 aliphatic rings. The van der Waals surface area contributed by atoms with E-state index in [0.717, 1.165) is 9.75 Å². The number of hydrogen-bond acceptors (Lipinski definition) is 4. The van der Waals surface area contributed by atoms with Gasteiger partial charge in [-0.1, -0.05) is 18.2 Å². The minimum Gasteiger partial charge on any atom is -0.286 e. The smallest absolute Gasteiger partial charge is 0.265 e. The van der Waals surface area contributed by atoms with Gasteiger partial charge >= 0.3 is 0 Å². The molecule has 0 fully saturated rings. The van der Waals surface area contributed by atoms with Crippen LogP contribution in [0.5, 0.6) is 0 Å². The van der Waals surface area contributed by atoms with Gasteiger partial charge in [0.1, 0.15) is 11.2 Å². The molecule has 3 heterocycles. The molecule has 3 aromatic heterocycles. The molecule has 3 nitrogen and oxygen atoms in total. The third-order valence-electron chi connectivity index (χ3n) is 3.57. The van der Waals surface area contributed by atoms with Crippen molar-refractivity contribution in [2.75, 3.05) is 0 Å². The van der Waals surface area contributed by atoms with E-state index in [4.69, 9.17) is 0 Å². The number of rotatable bonds is 3. The van der Waals surface area contributed by atoms with Crippen molar-refractivity contribution in [2.45, 2.75) is 6.54 Å². The van der Waals surface area contributed by atoms with E-state index >= 15 is 0 Å². The first-order valence-corrected chi connectivity index (χ1v) is 8.75. The van der Waals surface area contributed by atoms with Crippen molar-refractivity contribution >= 4 is 33.6 Å². The van der Waals surface area contributed by atoms with Crippen molar-refractivity contribution in [3.63, 3.8) is 0 Å². The second-order valence-electron chi connectivity index (χ2n) is 5.02. The first-order chi connectivity index (χ1) is 11.2. The lowest BCUT2D eigenvalue weighted by molar-refractivity contribution is 0.635. The molecule has 23 heavy (non-hydrogen) atoms. The minimum absolute atomic E-state index is 0.0457. The molecule has 0 atom stereocenters. The lowest BCUT2D eigenvalue weighted by Crippen LogP contribution is -2.24. The zero-order valence-electron chi connectivity index (χ0n) is 11.9. The van der Waals surface area contributed by atoms with Gasteiger partial charge in [0.25, 0.3) is 5.56 Å². The Bertz CT molecular complexity index is 1020. The van der Waals surface area contributed by atoms with Crippen LogP contribution in [0.2, 0.25) is 0 Å². The molecule has 4 aromatic rings. The zero-order chi connectivity index (χ0) is 15.8. The van der Waals surface area contributed by atoms with Crippen molar-refractivity contribution in [1.82, 2.24) is 9.55 Å². The van der Waals surface area contributed by atoms with Gasteiger partial charge in [0.2, 0.25) is 0 Å². The summed E-state index contributed by atoms with van der Waals surface area (Å²) in [6.45, 7) is 0.390. The maximum Gasteiger partial charge on any atom is 0.265 e. The van der Waals surface area contributed by atoms with E-state index < -0.39 is 5.82 Å². The molecule has 0 bridgehead atoms. The monoisotopic (exact) mass is 342 g/mol. The number of nitrogens with zero attached hydrogens (tertiary/aromatic N) is 2. The lowest BCUT2D eigenvalue weighted by atomic mass is 10.2. The predicted molar refractivity (Wildman–Crippen MR) is 92.7 cm³/mol. The minimum atomic E-state index is -0.530. The molecular formula is C17H11FN2OS2. The summed E-state index contributed by atoms with van der Waals surface area (Å²) in [5, 5.41) is 3.94. The van der Waals surface area contributed by atoms with Gasteiger partial charge in [0.05, 0.1) is 16.9 Å². The fourth-order valence-corrected chi connectivity index (χ4v) is 3.94. The van der Waals surface area contributed by atoms with Crippen molar-refractivity contribution < 1.29 is 4.39 Å². The standard InChI is InChI=1S/C17H11FN2OS2/c18-12-5-1-6-13-15(12)17(21)20(10-11-4-2-8-22-11)16(19-13)14-7-3-9-23-14/h1-9H,10H2. The molecule has 6 heteroatoms. The normalized spacial score (nSPS) is 11.2. The number of thiophene rings is 2. The fourth-order valence-electron chi connectivity index (χ4n) is 2.52. The highest BCUT2D eigenvalue weighted by molar-refractivity contribution is 7.13. The van der Waals surface area contributed by atoms with Gasteiger partial charge in [-0.15, -0.1) is 22.7 Å². The average Bonchev–Trinajstić information content (AvgIpc) is 3.23. The molecule has 0 amide bonds. The molecule has 0 radical (unpaired) electrons. The van der Waals surface area contributed by atoms with Crippen LogP contribution >= 0.6 is 22.7 Å². The van der Waals surface area contributed by atoms with Crippen molar-refractivity contribution in [2.24, 2.45) is 0 Å². The molecule has 1 aromatic carbocycles. The summed E-state index contributed by atoms with van der Waals surface area (Å²) >= 11 is 3.08. The highest BCUT2D eigenvalue weighted by Gasteiger charge is 2.16. The van der Waals surface area contributed by atoms with Gasteiger partial charge in [-0.2, -0.15) is 0 Å². The lowest BCUT2D eigenvalue weighted by Gasteiger charge is -2.12. The third kappa shape index (κ3) is 2.50. The van der Waals surface area contributed by atoms with E-state index in [9.17, 15) is 9.18 Å². The molecular weight excluding hydrogens is 331 g/mol. The Hall–Kier alpha value is -2.31. The first-order valence-electron chi connectivity index (χ1n) is 6.99. The summed E-state index contributed by atoms with van der Waals surface area (Å²) < 4.78 is 15.7. The van der Waals surface area contributed by atoms with E-state index in [1.807, 2.05) is 35.0 Å². The van der Waals surface area contributed by atoms with E-state index in [2.05, 4.69) is 4.98 Å². The summed E-state index contributed by atoms with van der Waals surface area (Å²) in [6.07, 6.45) is 0. The van der Waals surface area contributed by atoms with E-state index in [0.29, 0.717) is 17.9 Å². The number of hydrogen-bond donors (Lipinski definition) is 0. The molecule has 0 spiro atoms. The van der Waals surface area contributed by atoms with Crippen molar-refractivity contribution in [3.05, 3.63) is 74.3 Å². The Morgan fingerprint density at radius 1 is 1.04 bits per heavy atom. The summed E-state index contributed by atoms with van der Waals surface area (Å²) in [5.74, 6) is 0.0501. The Labute approximate surface area is 139 Å². The number of aromatic nitrogens is 2. The van der Waals surface area contributed by atoms with Crippen LogP contribution in [0.4, 0.5) is 4.39 Å².